The highest BCUT2D eigenvalue weighted by atomic mass is 32.2. The second kappa shape index (κ2) is 5.88. The summed E-state index contributed by atoms with van der Waals surface area (Å²) in [6, 6.07) is 14.2. The first-order valence-electron chi connectivity index (χ1n) is 6.42. The molecule has 0 aliphatic heterocycles. The molecule has 22 heavy (non-hydrogen) atoms. The molecule has 0 fully saturated rings. The third kappa shape index (κ3) is 3.33. The molecule has 0 saturated heterocycles. The monoisotopic (exact) mass is 331 g/mol. The lowest BCUT2D eigenvalue weighted by molar-refractivity contribution is 0.598. The van der Waals surface area contributed by atoms with Crippen LogP contribution in [0.15, 0.2) is 65.0 Å². The Balaban J connectivity index is 1.95. The van der Waals surface area contributed by atoms with Gasteiger partial charge in [0, 0.05) is 17.3 Å². The van der Waals surface area contributed by atoms with Crippen molar-refractivity contribution < 1.29 is 8.42 Å². The van der Waals surface area contributed by atoms with Gasteiger partial charge in [-0.15, -0.1) is 11.3 Å². The van der Waals surface area contributed by atoms with Gasteiger partial charge in [-0.2, -0.15) is 0 Å². The fraction of sp³-hybridized carbons (Fsp3) is 0. The molecule has 0 spiro atoms. The number of hydrogen-bond acceptors (Lipinski definition) is 5. The molecule has 0 bridgehead atoms. The van der Waals surface area contributed by atoms with Gasteiger partial charge in [-0.3, -0.25) is 0 Å². The topological polar surface area (TPSA) is 85.1 Å². The van der Waals surface area contributed by atoms with E-state index in [0.29, 0.717) is 0 Å². The molecule has 0 aliphatic rings. The number of anilines is 2. The molecule has 2 aromatic carbocycles. The first kappa shape index (κ1) is 14.7. The van der Waals surface area contributed by atoms with Crippen LogP contribution < -0.4 is 10.5 Å². The quantitative estimate of drug-likeness (QED) is 0.769. The predicted octanol–water partition coefficient (Wildman–Crippen LogP) is 3.20. The van der Waals surface area contributed by atoms with Gasteiger partial charge in [0.1, 0.15) is 0 Å². The number of sulfonamides is 1. The molecule has 1 aromatic heterocycles. The van der Waals surface area contributed by atoms with Crippen molar-refractivity contribution in [2.45, 2.75) is 4.90 Å². The summed E-state index contributed by atoms with van der Waals surface area (Å²) in [5.41, 5.74) is 2.56. The Labute approximate surface area is 132 Å². The predicted molar refractivity (Wildman–Crippen MR) is 88.6 cm³/mol. The van der Waals surface area contributed by atoms with Crippen molar-refractivity contribution >= 4 is 32.2 Å². The Kier molecular flexibility index (Phi) is 3.93. The van der Waals surface area contributed by atoms with Crippen LogP contribution in [-0.2, 0) is 10.0 Å². The zero-order valence-electron chi connectivity index (χ0n) is 11.4. The summed E-state index contributed by atoms with van der Waals surface area (Å²) < 4.78 is 22.9. The van der Waals surface area contributed by atoms with Crippen LogP contribution in [0.1, 0.15) is 0 Å². The van der Waals surface area contributed by atoms with Crippen LogP contribution >= 0.6 is 11.3 Å². The lowest BCUT2D eigenvalue weighted by atomic mass is 10.1. The van der Waals surface area contributed by atoms with Gasteiger partial charge in [0.25, 0.3) is 0 Å². The molecule has 1 heterocycles. The summed E-state index contributed by atoms with van der Waals surface area (Å²) >= 11 is 1.51. The number of benzene rings is 2. The summed E-state index contributed by atoms with van der Waals surface area (Å²) in [6.45, 7) is 0. The highest BCUT2D eigenvalue weighted by molar-refractivity contribution is 7.89. The minimum atomic E-state index is -3.71. The summed E-state index contributed by atoms with van der Waals surface area (Å²) in [5, 5.41) is 11.1. The minimum absolute atomic E-state index is 0.100. The molecular formula is C15H13N3O2S2. The van der Waals surface area contributed by atoms with Gasteiger partial charge in [-0.25, -0.2) is 18.5 Å². The molecule has 3 N–H and O–H groups in total. The van der Waals surface area contributed by atoms with Crippen LogP contribution in [0.3, 0.4) is 0 Å². The number of primary sulfonamides is 1. The highest BCUT2D eigenvalue weighted by Crippen LogP contribution is 2.26. The van der Waals surface area contributed by atoms with Gasteiger partial charge < -0.3 is 5.32 Å². The van der Waals surface area contributed by atoms with Crippen molar-refractivity contribution in [2.24, 2.45) is 5.14 Å². The molecule has 3 rings (SSSR count). The molecule has 7 heteroatoms. The summed E-state index contributed by atoms with van der Waals surface area (Å²) in [6.07, 6.45) is 1.73. The van der Waals surface area contributed by atoms with Gasteiger partial charge in [0.05, 0.1) is 4.90 Å². The maximum Gasteiger partial charge on any atom is 0.238 e. The normalized spacial score (nSPS) is 11.3. The number of nitrogens with zero attached hydrogens (tertiary/aromatic N) is 1. The number of rotatable bonds is 4. The first-order chi connectivity index (χ1) is 10.5. The van der Waals surface area contributed by atoms with Crippen molar-refractivity contribution in [3.63, 3.8) is 0 Å². The van der Waals surface area contributed by atoms with Gasteiger partial charge in [0.2, 0.25) is 10.0 Å². The Hall–Kier alpha value is -2.22. The second-order valence-electron chi connectivity index (χ2n) is 4.62. The molecule has 3 aromatic rings. The van der Waals surface area contributed by atoms with Gasteiger partial charge >= 0.3 is 0 Å². The van der Waals surface area contributed by atoms with Crippen LogP contribution in [0.5, 0.6) is 0 Å². The smallest absolute Gasteiger partial charge is 0.238 e. The van der Waals surface area contributed by atoms with E-state index < -0.39 is 10.0 Å². The van der Waals surface area contributed by atoms with Crippen LogP contribution in [0.25, 0.3) is 11.1 Å². The Bertz CT molecular complexity index is 891. The molecule has 0 radical (unpaired) electrons. The van der Waals surface area contributed by atoms with Gasteiger partial charge in [-0.1, -0.05) is 24.3 Å². The Morgan fingerprint density at radius 2 is 1.77 bits per heavy atom. The first-order valence-corrected chi connectivity index (χ1v) is 8.85. The largest absolute Gasteiger partial charge is 0.332 e. The van der Waals surface area contributed by atoms with Crippen molar-refractivity contribution in [1.82, 2.24) is 4.98 Å². The molecule has 5 nitrogen and oxygen atoms in total. The Morgan fingerprint density at radius 3 is 2.45 bits per heavy atom. The van der Waals surface area contributed by atoms with Crippen molar-refractivity contribution in [3.05, 3.63) is 60.1 Å². The fourth-order valence-electron chi connectivity index (χ4n) is 2.04. The van der Waals surface area contributed by atoms with Crippen LogP contribution in [0, 0.1) is 0 Å². The number of nitrogens with one attached hydrogen (secondary N) is 1. The van der Waals surface area contributed by atoms with Gasteiger partial charge in [-0.05, 0) is 35.4 Å². The van der Waals surface area contributed by atoms with E-state index in [1.54, 1.807) is 18.3 Å². The van der Waals surface area contributed by atoms with E-state index in [2.05, 4.69) is 10.3 Å². The van der Waals surface area contributed by atoms with E-state index in [-0.39, 0.29) is 4.90 Å². The van der Waals surface area contributed by atoms with E-state index in [4.69, 9.17) is 5.14 Å². The summed E-state index contributed by atoms with van der Waals surface area (Å²) in [5.74, 6) is 0. The van der Waals surface area contributed by atoms with Gasteiger partial charge in [0.15, 0.2) is 5.13 Å². The molecule has 0 aliphatic carbocycles. The third-order valence-corrected chi connectivity index (χ3v) is 4.64. The third-order valence-electron chi connectivity index (χ3n) is 3.04. The number of thiazole rings is 1. The second-order valence-corrected chi connectivity index (χ2v) is 7.07. The summed E-state index contributed by atoms with van der Waals surface area (Å²) in [4.78, 5) is 4.27. The van der Waals surface area contributed by atoms with Crippen molar-refractivity contribution in [2.75, 3.05) is 5.32 Å². The van der Waals surface area contributed by atoms with Crippen molar-refractivity contribution in [1.29, 1.82) is 0 Å². The minimum Gasteiger partial charge on any atom is -0.332 e. The summed E-state index contributed by atoms with van der Waals surface area (Å²) in [7, 11) is -3.71. The molecular weight excluding hydrogens is 318 g/mol. The lowest BCUT2D eigenvalue weighted by Crippen LogP contribution is -2.11. The van der Waals surface area contributed by atoms with E-state index in [1.807, 2.05) is 35.7 Å². The number of nitrogens with two attached hydrogens (primary N) is 1. The average molecular weight is 331 g/mol. The SMILES string of the molecule is NS(=O)(=O)c1cccc(-c2cccc(Nc3nccs3)c2)c1. The van der Waals surface area contributed by atoms with Crippen LogP contribution in [-0.4, -0.2) is 13.4 Å². The maximum absolute atomic E-state index is 11.5. The molecule has 0 saturated carbocycles. The zero-order chi connectivity index (χ0) is 15.6. The highest BCUT2D eigenvalue weighted by Gasteiger charge is 2.09. The van der Waals surface area contributed by atoms with Crippen LogP contribution in [0.4, 0.5) is 10.8 Å². The average Bonchev–Trinajstić information content (AvgIpc) is 3.00. The molecule has 0 amide bonds. The van der Waals surface area contributed by atoms with E-state index in [9.17, 15) is 8.42 Å². The van der Waals surface area contributed by atoms with E-state index >= 15 is 0 Å². The molecule has 0 atom stereocenters. The molecule has 0 unspecified atom stereocenters. The van der Waals surface area contributed by atoms with E-state index in [0.717, 1.165) is 21.9 Å². The fourth-order valence-corrected chi connectivity index (χ4v) is 3.15. The maximum atomic E-state index is 11.5. The number of aromatic nitrogens is 1. The van der Waals surface area contributed by atoms with Crippen LogP contribution in [0.2, 0.25) is 0 Å². The van der Waals surface area contributed by atoms with E-state index in [1.165, 1.54) is 17.4 Å². The van der Waals surface area contributed by atoms with Crippen molar-refractivity contribution in [3.8, 4) is 11.1 Å². The lowest BCUT2D eigenvalue weighted by Gasteiger charge is -2.07. The standard InChI is InChI=1S/C15H13N3O2S2/c16-22(19,20)14-6-2-4-12(10-14)11-3-1-5-13(9-11)18-15-17-7-8-21-15/h1-10H,(H,17,18)(H2,16,19,20). The Morgan fingerprint density at radius 1 is 1.05 bits per heavy atom. The zero-order valence-corrected chi connectivity index (χ0v) is 13.1. The number of hydrogen-bond donors (Lipinski definition) is 2. The molecule has 112 valence electrons.